The Labute approximate surface area is 139 Å². The summed E-state index contributed by atoms with van der Waals surface area (Å²) in [5.74, 6) is 1.54. The molecule has 1 saturated carbocycles. The van der Waals surface area contributed by atoms with Gasteiger partial charge in [0.1, 0.15) is 18.9 Å². The van der Waals surface area contributed by atoms with Crippen LogP contribution in [-0.2, 0) is 0 Å². The number of amides is 1. The molecule has 2 aromatic rings. The molecule has 1 aromatic carbocycles. The lowest BCUT2D eigenvalue weighted by Gasteiger charge is -2.19. The molecule has 0 spiro atoms. The molecule has 0 radical (unpaired) electrons. The minimum absolute atomic E-state index is 0.281. The number of aromatic nitrogens is 2. The van der Waals surface area contributed by atoms with Crippen molar-refractivity contribution in [2.75, 3.05) is 23.8 Å². The third kappa shape index (κ3) is 3.24. The van der Waals surface area contributed by atoms with Crippen molar-refractivity contribution in [3.05, 3.63) is 35.7 Å². The van der Waals surface area contributed by atoms with Crippen LogP contribution in [-0.4, -0.2) is 35.1 Å². The van der Waals surface area contributed by atoms with Crippen LogP contribution in [0.1, 0.15) is 29.0 Å². The third-order valence-electron chi connectivity index (χ3n) is 3.80. The molecule has 1 aromatic heterocycles. The summed E-state index contributed by atoms with van der Waals surface area (Å²) in [5, 5.41) is 6.06. The fourth-order valence-corrected chi connectivity index (χ4v) is 2.48. The highest BCUT2D eigenvalue weighted by Crippen LogP contribution is 2.32. The normalized spacial score (nSPS) is 15.7. The van der Waals surface area contributed by atoms with Crippen molar-refractivity contribution in [3.8, 4) is 11.5 Å². The van der Waals surface area contributed by atoms with Gasteiger partial charge >= 0.3 is 0 Å². The molecule has 7 nitrogen and oxygen atoms in total. The summed E-state index contributed by atoms with van der Waals surface area (Å²) in [5.41, 5.74) is 1.72. The zero-order chi connectivity index (χ0) is 16.5. The summed E-state index contributed by atoms with van der Waals surface area (Å²) in [6, 6.07) is 7.42. The largest absolute Gasteiger partial charge is 0.486 e. The van der Waals surface area contributed by atoms with Gasteiger partial charge in [0.15, 0.2) is 11.5 Å². The second-order valence-electron chi connectivity index (χ2n) is 5.95. The van der Waals surface area contributed by atoms with E-state index < -0.39 is 0 Å². The van der Waals surface area contributed by atoms with E-state index in [1.807, 2.05) is 6.92 Å². The molecule has 0 atom stereocenters. The predicted molar refractivity (Wildman–Crippen MR) is 88.8 cm³/mol. The molecule has 124 valence electrons. The highest BCUT2D eigenvalue weighted by Gasteiger charge is 2.23. The molecule has 2 aliphatic rings. The molecule has 1 aliphatic heterocycles. The fourth-order valence-electron chi connectivity index (χ4n) is 2.48. The summed E-state index contributed by atoms with van der Waals surface area (Å²) in [7, 11) is 0. The van der Waals surface area contributed by atoms with Crippen LogP contribution in [0.25, 0.3) is 0 Å². The topological polar surface area (TPSA) is 85.4 Å². The van der Waals surface area contributed by atoms with Crippen LogP contribution < -0.4 is 20.1 Å². The molecule has 0 bridgehead atoms. The zero-order valence-electron chi connectivity index (χ0n) is 13.3. The number of benzene rings is 1. The number of anilines is 2. The van der Waals surface area contributed by atoms with E-state index in [1.165, 1.54) is 0 Å². The van der Waals surface area contributed by atoms with Gasteiger partial charge in [-0.1, -0.05) is 0 Å². The first-order valence-corrected chi connectivity index (χ1v) is 8.00. The van der Waals surface area contributed by atoms with Crippen LogP contribution in [0.3, 0.4) is 0 Å². The van der Waals surface area contributed by atoms with Crippen LogP contribution in [0.4, 0.5) is 11.6 Å². The molecule has 0 unspecified atom stereocenters. The molecule has 1 fully saturated rings. The Balaban J connectivity index is 1.52. The Hall–Kier alpha value is -2.83. The highest BCUT2D eigenvalue weighted by molar-refractivity contribution is 6.03. The van der Waals surface area contributed by atoms with E-state index in [9.17, 15) is 4.79 Å². The predicted octanol–water partition coefficient (Wildman–Crippen LogP) is 2.38. The molecule has 2 N–H and O–H groups in total. The quantitative estimate of drug-likeness (QED) is 0.897. The second kappa shape index (κ2) is 5.99. The van der Waals surface area contributed by atoms with Gasteiger partial charge < -0.3 is 20.1 Å². The van der Waals surface area contributed by atoms with Gasteiger partial charge in [-0.2, -0.15) is 0 Å². The van der Waals surface area contributed by atoms with Gasteiger partial charge in [-0.3, -0.25) is 4.79 Å². The average Bonchev–Trinajstić information content (AvgIpc) is 3.38. The van der Waals surface area contributed by atoms with Crippen LogP contribution in [0.15, 0.2) is 24.3 Å². The number of rotatable bonds is 4. The zero-order valence-corrected chi connectivity index (χ0v) is 13.3. The highest BCUT2D eigenvalue weighted by atomic mass is 16.6. The van der Waals surface area contributed by atoms with E-state index >= 15 is 0 Å². The lowest BCUT2D eigenvalue weighted by atomic mass is 10.2. The van der Waals surface area contributed by atoms with Crippen LogP contribution >= 0.6 is 0 Å². The average molecular weight is 326 g/mol. The van der Waals surface area contributed by atoms with E-state index in [0.717, 1.165) is 18.5 Å². The molecule has 7 heteroatoms. The molecular formula is C17H18N4O3. The number of carbonyl (C=O) groups excluding carboxylic acids is 1. The van der Waals surface area contributed by atoms with Crippen molar-refractivity contribution < 1.29 is 14.3 Å². The van der Waals surface area contributed by atoms with Gasteiger partial charge in [0.25, 0.3) is 5.91 Å². The second-order valence-corrected chi connectivity index (χ2v) is 5.95. The van der Waals surface area contributed by atoms with Gasteiger partial charge in [-0.25, -0.2) is 9.97 Å². The Morgan fingerprint density at radius 2 is 1.92 bits per heavy atom. The van der Waals surface area contributed by atoms with Gasteiger partial charge in [0.05, 0.1) is 0 Å². The van der Waals surface area contributed by atoms with Crippen molar-refractivity contribution in [2.45, 2.75) is 25.8 Å². The van der Waals surface area contributed by atoms with Crippen molar-refractivity contribution >= 4 is 17.5 Å². The SMILES string of the molecule is Cc1cc(C(=O)Nc2ccc3c(c2)OCCO3)nc(NC2CC2)n1. The fraction of sp³-hybridized carbons (Fsp3) is 0.353. The van der Waals surface area contributed by atoms with Gasteiger partial charge in [-0.15, -0.1) is 0 Å². The van der Waals surface area contributed by atoms with E-state index in [1.54, 1.807) is 24.3 Å². The van der Waals surface area contributed by atoms with E-state index in [0.29, 0.717) is 48.1 Å². The summed E-state index contributed by atoms with van der Waals surface area (Å²) in [6.07, 6.45) is 2.24. The van der Waals surface area contributed by atoms with E-state index in [4.69, 9.17) is 9.47 Å². The summed E-state index contributed by atoms with van der Waals surface area (Å²) in [6.45, 7) is 2.89. The first-order chi connectivity index (χ1) is 11.7. The van der Waals surface area contributed by atoms with Gasteiger partial charge in [0.2, 0.25) is 5.95 Å². The first kappa shape index (κ1) is 14.7. The molecule has 24 heavy (non-hydrogen) atoms. The van der Waals surface area contributed by atoms with Crippen molar-refractivity contribution in [1.82, 2.24) is 9.97 Å². The smallest absolute Gasteiger partial charge is 0.274 e. The van der Waals surface area contributed by atoms with E-state index in [-0.39, 0.29) is 5.91 Å². The number of carbonyl (C=O) groups is 1. The lowest BCUT2D eigenvalue weighted by Crippen LogP contribution is -2.18. The maximum absolute atomic E-state index is 12.5. The summed E-state index contributed by atoms with van der Waals surface area (Å²) >= 11 is 0. The number of hydrogen-bond acceptors (Lipinski definition) is 6. The number of fused-ring (bicyclic) bond motifs is 1. The van der Waals surface area contributed by atoms with Crippen molar-refractivity contribution in [3.63, 3.8) is 0 Å². The number of hydrogen-bond donors (Lipinski definition) is 2. The number of nitrogens with zero attached hydrogens (tertiary/aromatic N) is 2. The molecular weight excluding hydrogens is 308 g/mol. The van der Waals surface area contributed by atoms with E-state index in [2.05, 4.69) is 20.6 Å². The van der Waals surface area contributed by atoms with Gasteiger partial charge in [-0.05, 0) is 38.0 Å². The number of aryl methyl sites for hydroxylation is 1. The Morgan fingerprint density at radius 1 is 1.12 bits per heavy atom. The molecule has 2 heterocycles. The summed E-state index contributed by atoms with van der Waals surface area (Å²) < 4.78 is 11.0. The standard InChI is InChI=1S/C17H18N4O3/c1-10-8-13(21-17(18-10)20-11-2-3-11)16(22)19-12-4-5-14-15(9-12)24-7-6-23-14/h4-5,8-9,11H,2-3,6-7H2,1H3,(H,19,22)(H,18,20,21). The third-order valence-corrected chi connectivity index (χ3v) is 3.80. The van der Waals surface area contributed by atoms with Gasteiger partial charge in [0, 0.05) is 23.5 Å². The van der Waals surface area contributed by atoms with Crippen molar-refractivity contribution in [1.29, 1.82) is 0 Å². The Bertz CT molecular complexity index is 789. The maximum atomic E-state index is 12.5. The lowest BCUT2D eigenvalue weighted by molar-refractivity contribution is 0.102. The first-order valence-electron chi connectivity index (χ1n) is 8.00. The minimum atomic E-state index is -0.281. The van der Waals surface area contributed by atoms with Crippen LogP contribution in [0, 0.1) is 6.92 Å². The Morgan fingerprint density at radius 3 is 2.71 bits per heavy atom. The monoisotopic (exact) mass is 326 g/mol. The Kier molecular flexibility index (Phi) is 3.68. The minimum Gasteiger partial charge on any atom is -0.486 e. The summed E-state index contributed by atoms with van der Waals surface area (Å²) in [4.78, 5) is 21.1. The number of ether oxygens (including phenoxy) is 2. The van der Waals surface area contributed by atoms with Crippen LogP contribution in [0.5, 0.6) is 11.5 Å². The van der Waals surface area contributed by atoms with Crippen LogP contribution in [0.2, 0.25) is 0 Å². The molecule has 1 amide bonds. The molecule has 0 saturated heterocycles. The maximum Gasteiger partial charge on any atom is 0.274 e. The number of nitrogens with one attached hydrogen (secondary N) is 2. The van der Waals surface area contributed by atoms with Crippen molar-refractivity contribution in [2.24, 2.45) is 0 Å². The molecule has 1 aliphatic carbocycles. The molecule has 4 rings (SSSR count).